The molecular formula is C22H26FN3O. The topological polar surface area (TPSA) is 26.8 Å². The highest BCUT2D eigenvalue weighted by molar-refractivity contribution is 5.94. The molecule has 4 nitrogen and oxygen atoms in total. The fourth-order valence-electron chi connectivity index (χ4n) is 3.93. The molecule has 2 aromatic carbocycles. The Balaban J connectivity index is 1.30. The van der Waals surface area contributed by atoms with Gasteiger partial charge in [-0.3, -0.25) is 9.69 Å². The van der Waals surface area contributed by atoms with Crippen LogP contribution in [0.3, 0.4) is 0 Å². The first-order valence-corrected chi connectivity index (χ1v) is 9.80. The molecule has 1 amide bonds. The van der Waals surface area contributed by atoms with Crippen molar-refractivity contribution in [3.8, 4) is 0 Å². The highest BCUT2D eigenvalue weighted by atomic mass is 19.1. The van der Waals surface area contributed by atoms with Crippen molar-refractivity contribution in [2.75, 3.05) is 44.2 Å². The second kappa shape index (κ2) is 8.09. The predicted molar refractivity (Wildman–Crippen MR) is 105 cm³/mol. The van der Waals surface area contributed by atoms with Gasteiger partial charge < -0.3 is 9.80 Å². The number of anilines is 1. The summed E-state index contributed by atoms with van der Waals surface area (Å²) in [6.07, 6.45) is 2.24. The number of nitrogens with zero attached hydrogens (tertiary/aromatic N) is 3. The lowest BCUT2D eigenvalue weighted by atomic mass is 10.1. The van der Waals surface area contributed by atoms with Crippen LogP contribution in [0.5, 0.6) is 0 Å². The summed E-state index contributed by atoms with van der Waals surface area (Å²) < 4.78 is 13.1. The lowest BCUT2D eigenvalue weighted by Crippen LogP contribution is -2.45. The molecule has 0 aliphatic carbocycles. The van der Waals surface area contributed by atoms with Gasteiger partial charge in [0.05, 0.1) is 0 Å². The maximum atomic E-state index is 13.1. The standard InChI is InChI=1S/C22H26FN3O/c23-20-7-9-21(10-8-20)25-15-13-24(14-16-25)17-18-3-5-19(6-4-18)22(27)26-11-1-2-12-26/h3-10H,1-2,11-17H2. The number of hydrogen-bond donors (Lipinski definition) is 0. The van der Waals surface area contributed by atoms with E-state index in [0.717, 1.165) is 69.9 Å². The molecule has 0 spiro atoms. The first-order chi connectivity index (χ1) is 13.2. The summed E-state index contributed by atoms with van der Waals surface area (Å²) in [5.41, 5.74) is 3.12. The largest absolute Gasteiger partial charge is 0.369 e. The van der Waals surface area contributed by atoms with Crippen LogP contribution < -0.4 is 4.90 Å². The van der Waals surface area contributed by atoms with Crippen molar-refractivity contribution >= 4 is 11.6 Å². The maximum Gasteiger partial charge on any atom is 0.253 e. The smallest absolute Gasteiger partial charge is 0.253 e. The number of benzene rings is 2. The molecule has 4 rings (SSSR count). The van der Waals surface area contributed by atoms with Crippen LogP contribution in [-0.2, 0) is 6.54 Å². The molecule has 0 unspecified atom stereocenters. The lowest BCUT2D eigenvalue weighted by molar-refractivity contribution is 0.0793. The molecule has 0 N–H and O–H groups in total. The lowest BCUT2D eigenvalue weighted by Gasteiger charge is -2.36. The van der Waals surface area contributed by atoms with E-state index in [1.807, 2.05) is 29.2 Å². The van der Waals surface area contributed by atoms with Gasteiger partial charge in [0, 0.05) is 57.1 Å². The fourth-order valence-corrected chi connectivity index (χ4v) is 3.93. The molecular weight excluding hydrogens is 341 g/mol. The van der Waals surface area contributed by atoms with Crippen LogP contribution in [0.1, 0.15) is 28.8 Å². The summed E-state index contributed by atoms with van der Waals surface area (Å²) >= 11 is 0. The summed E-state index contributed by atoms with van der Waals surface area (Å²) in [6, 6.07) is 14.8. The van der Waals surface area contributed by atoms with Crippen LogP contribution in [-0.4, -0.2) is 55.0 Å². The van der Waals surface area contributed by atoms with Gasteiger partial charge in [-0.05, 0) is 54.8 Å². The zero-order valence-electron chi connectivity index (χ0n) is 15.6. The molecule has 5 heteroatoms. The SMILES string of the molecule is O=C(c1ccc(CN2CCN(c3ccc(F)cc3)CC2)cc1)N1CCCC1. The Hall–Kier alpha value is -2.40. The van der Waals surface area contributed by atoms with E-state index in [1.54, 1.807) is 0 Å². The minimum absolute atomic E-state index is 0.159. The number of piperazine rings is 1. The molecule has 0 saturated carbocycles. The summed E-state index contributed by atoms with van der Waals surface area (Å²) in [6.45, 7) is 6.51. The van der Waals surface area contributed by atoms with Gasteiger partial charge >= 0.3 is 0 Å². The number of amides is 1. The monoisotopic (exact) mass is 367 g/mol. The van der Waals surface area contributed by atoms with Gasteiger partial charge in [-0.1, -0.05) is 12.1 Å². The Morgan fingerprint density at radius 2 is 1.44 bits per heavy atom. The molecule has 2 heterocycles. The summed E-state index contributed by atoms with van der Waals surface area (Å²) in [7, 11) is 0. The Kier molecular flexibility index (Phi) is 5.39. The van der Waals surface area contributed by atoms with Gasteiger partial charge in [-0.2, -0.15) is 0 Å². The molecule has 2 saturated heterocycles. The molecule has 2 fully saturated rings. The van der Waals surface area contributed by atoms with E-state index in [2.05, 4.69) is 21.9 Å². The third-order valence-corrected chi connectivity index (χ3v) is 5.56. The van der Waals surface area contributed by atoms with Crippen molar-refractivity contribution in [3.05, 3.63) is 65.5 Å². The average Bonchev–Trinajstić information content (AvgIpc) is 3.24. The van der Waals surface area contributed by atoms with E-state index < -0.39 is 0 Å². The highest BCUT2D eigenvalue weighted by Crippen LogP contribution is 2.19. The molecule has 2 aliphatic heterocycles. The van der Waals surface area contributed by atoms with Crippen molar-refractivity contribution in [2.45, 2.75) is 19.4 Å². The second-order valence-corrected chi connectivity index (χ2v) is 7.44. The molecule has 142 valence electrons. The van der Waals surface area contributed by atoms with Gasteiger partial charge in [0.2, 0.25) is 0 Å². The number of rotatable bonds is 4. The number of carbonyl (C=O) groups excluding carboxylic acids is 1. The molecule has 0 bridgehead atoms. The maximum absolute atomic E-state index is 13.1. The summed E-state index contributed by atoms with van der Waals surface area (Å²) in [5, 5.41) is 0. The van der Waals surface area contributed by atoms with E-state index in [9.17, 15) is 9.18 Å². The minimum Gasteiger partial charge on any atom is -0.369 e. The molecule has 2 aliphatic rings. The highest BCUT2D eigenvalue weighted by Gasteiger charge is 2.20. The third-order valence-electron chi connectivity index (χ3n) is 5.56. The van der Waals surface area contributed by atoms with Crippen molar-refractivity contribution in [1.82, 2.24) is 9.80 Å². The van der Waals surface area contributed by atoms with Crippen LogP contribution >= 0.6 is 0 Å². The van der Waals surface area contributed by atoms with Crippen molar-refractivity contribution in [1.29, 1.82) is 0 Å². The fraction of sp³-hybridized carbons (Fsp3) is 0.409. The zero-order valence-corrected chi connectivity index (χ0v) is 15.6. The van der Waals surface area contributed by atoms with Gasteiger partial charge in [0.15, 0.2) is 0 Å². The molecule has 0 atom stereocenters. The Bertz CT molecular complexity index is 761. The van der Waals surface area contributed by atoms with E-state index in [0.29, 0.717) is 0 Å². The van der Waals surface area contributed by atoms with Gasteiger partial charge in [-0.15, -0.1) is 0 Å². The van der Waals surface area contributed by atoms with Crippen molar-refractivity contribution in [2.24, 2.45) is 0 Å². The van der Waals surface area contributed by atoms with Crippen LogP contribution in [0.2, 0.25) is 0 Å². The average molecular weight is 367 g/mol. The van der Waals surface area contributed by atoms with Crippen LogP contribution in [0.4, 0.5) is 10.1 Å². The molecule has 27 heavy (non-hydrogen) atoms. The van der Waals surface area contributed by atoms with Crippen LogP contribution in [0.15, 0.2) is 48.5 Å². The molecule has 0 aromatic heterocycles. The predicted octanol–water partition coefficient (Wildman–Crippen LogP) is 3.38. The van der Waals surface area contributed by atoms with Crippen LogP contribution in [0, 0.1) is 5.82 Å². The number of likely N-dealkylation sites (tertiary alicyclic amines) is 1. The second-order valence-electron chi connectivity index (χ2n) is 7.44. The van der Waals surface area contributed by atoms with E-state index in [-0.39, 0.29) is 11.7 Å². The minimum atomic E-state index is -0.191. The van der Waals surface area contributed by atoms with Gasteiger partial charge in [-0.25, -0.2) is 4.39 Å². The molecule has 0 radical (unpaired) electrons. The first-order valence-electron chi connectivity index (χ1n) is 9.80. The number of carbonyl (C=O) groups is 1. The number of halogens is 1. The zero-order chi connectivity index (χ0) is 18.6. The first kappa shape index (κ1) is 18.0. The summed E-state index contributed by atoms with van der Waals surface area (Å²) in [5.74, 6) is -0.0315. The van der Waals surface area contributed by atoms with Gasteiger partial charge in [0.1, 0.15) is 5.82 Å². The Morgan fingerprint density at radius 3 is 2.07 bits per heavy atom. The van der Waals surface area contributed by atoms with Crippen molar-refractivity contribution in [3.63, 3.8) is 0 Å². The van der Waals surface area contributed by atoms with E-state index in [4.69, 9.17) is 0 Å². The van der Waals surface area contributed by atoms with Crippen LogP contribution in [0.25, 0.3) is 0 Å². The Labute approximate surface area is 160 Å². The van der Waals surface area contributed by atoms with E-state index >= 15 is 0 Å². The summed E-state index contributed by atoms with van der Waals surface area (Å²) in [4.78, 5) is 19.1. The molecule has 2 aromatic rings. The quantitative estimate of drug-likeness (QED) is 0.829. The third kappa shape index (κ3) is 4.30. The van der Waals surface area contributed by atoms with Crippen molar-refractivity contribution < 1.29 is 9.18 Å². The number of hydrogen-bond acceptors (Lipinski definition) is 3. The van der Waals surface area contributed by atoms with Gasteiger partial charge in [0.25, 0.3) is 5.91 Å². The van der Waals surface area contributed by atoms with E-state index in [1.165, 1.54) is 17.7 Å². The Morgan fingerprint density at radius 1 is 0.815 bits per heavy atom. The normalized spacial score (nSPS) is 18.1.